The Hall–Kier alpha value is -0.190. The zero-order valence-electron chi connectivity index (χ0n) is 10.8. The molecule has 2 aromatic rings. The highest BCUT2D eigenvalue weighted by Gasteiger charge is 2.30. The molecule has 0 aliphatic heterocycles. The molecule has 0 fully saturated rings. The second-order valence-corrected chi connectivity index (χ2v) is 6.90. The number of benzene rings is 2. The van der Waals surface area contributed by atoms with Gasteiger partial charge in [0.1, 0.15) is 5.82 Å². The number of alkyl halides is 2. The van der Waals surface area contributed by atoms with Crippen molar-refractivity contribution < 1.29 is 4.39 Å². The van der Waals surface area contributed by atoms with Crippen molar-refractivity contribution in [3.63, 3.8) is 0 Å². The van der Waals surface area contributed by atoms with E-state index in [0.29, 0.717) is 0 Å². The number of rotatable bonds is 5. The molecule has 106 valence electrons. The first kappa shape index (κ1) is 16.2. The molecule has 0 radical (unpaired) electrons. The van der Waals surface area contributed by atoms with Crippen LogP contribution in [0.3, 0.4) is 0 Å². The molecule has 0 aliphatic carbocycles. The summed E-state index contributed by atoms with van der Waals surface area (Å²) in [5.74, 6) is -0.192. The topological polar surface area (TPSA) is 0 Å². The molecule has 20 heavy (non-hydrogen) atoms. The molecule has 0 amide bonds. The van der Waals surface area contributed by atoms with Crippen LogP contribution in [0.15, 0.2) is 53.0 Å². The monoisotopic (exact) mass is 462 g/mol. The summed E-state index contributed by atoms with van der Waals surface area (Å²) >= 11 is 10.7. The predicted octanol–water partition coefficient (Wildman–Crippen LogP) is 5.86. The van der Waals surface area contributed by atoms with E-state index in [1.54, 1.807) is 12.1 Å². The molecule has 0 spiro atoms. The van der Waals surface area contributed by atoms with Gasteiger partial charge < -0.3 is 0 Å². The van der Waals surface area contributed by atoms with E-state index in [4.69, 9.17) is 0 Å². The number of halogens is 4. The van der Waals surface area contributed by atoms with E-state index in [1.165, 1.54) is 11.6 Å². The van der Waals surface area contributed by atoms with Gasteiger partial charge in [0, 0.05) is 20.5 Å². The van der Waals surface area contributed by atoms with Crippen LogP contribution in [0.25, 0.3) is 0 Å². The third-order valence-electron chi connectivity index (χ3n) is 3.38. The maximum Gasteiger partial charge on any atom is 0.123 e. The van der Waals surface area contributed by atoms with Crippen molar-refractivity contribution in [2.24, 2.45) is 0 Å². The van der Waals surface area contributed by atoms with E-state index in [0.717, 1.165) is 27.1 Å². The van der Waals surface area contributed by atoms with Crippen LogP contribution in [0.1, 0.15) is 11.1 Å². The standard InChI is InChI=1S/C16H14Br3F/c17-10-16(11-18,13-4-2-6-15(20)8-13)9-12-3-1-5-14(19)7-12/h1-8H,9-11H2. The summed E-state index contributed by atoms with van der Waals surface area (Å²) in [6.07, 6.45) is 0.840. The van der Waals surface area contributed by atoms with Gasteiger partial charge >= 0.3 is 0 Å². The molecule has 2 rings (SSSR count). The smallest absolute Gasteiger partial charge is 0.123 e. The first-order chi connectivity index (χ1) is 9.59. The Morgan fingerprint density at radius 2 is 1.65 bits per heavy atom. The molecule has 0 aliphatic rings. The summed E-state index contributed by atoms with van der Waals surface area (Å²) in [6.45, 7) is 0. The second kappa shape index (κ2) is 7.19. The maximum absolute atomic E-state index is 13.5. The normalized spacial score (nSPS) is 11.6. The third kappa shape index (κ3) is 3.71. The van der Waals surface area contributed by atoms with Gasteiger partial charge in [-0.2, -0.15) is 0 Å². The van der Waals surface area contributed by atoms with E-state index in [9.17, 15) is 4.39 Å². The lowest BCUT2D eigenvalue weighted by Crippen LogP contribution is -2.33. The van der Waals surface area contributed by atoms with Crippen molar-refractivity contribution in [1.82, 2.24) is 0 Å². The molecule has 0 saturated carbocycles. The molecule has 2 aromatic carbocycles. The van der Waals surface area contributed by atoms with E-state index >= 15 is 0 Å². The summed E-state index contributed by atoms with van der Waals surface area (Å²) in [5.41, 5.74) is 2.07. The van der Waals surface area contributed by atoms with Crippen LogP contribution < -0.4 is 0 Å². The molecule has 0 aromatic heterocycles. The van der Waals surface area contributed by atoms with E-state index in [2.05, 4.69) is 59.9 Å². The maximum atomic E-state index is 13.5. The lowest BCUT2D eigenvalue weighted by Gasteiger charge is -2.31. The highest BCUT2D eigenvalue weighted by molar-refractivity contribution is 9.10. The fourth-order valence-electron chi connectivity index (χ4n) is 2.24. The largest absolute Gasteiger partial charge is 0.207 e. The molecule has 0 saturated heterocycles. The van der Waals surface area contributed by atoms with Gasteiger partial charge in [-0.3, -0.25) is 0 Å². The summed E-state index contributed by atoms with van der Waals surface area (Å²) < 4.78 is 14.6. The molecular formula is C16H14Br3F. The van der Waals surface area contributed by atoms with Crippen molar-refractivity contribution in [3.05, 3.63) is 69.9 Å². The minimum absolute atomic E-state index is 0.164. The summed E-state index contributed by atoms with van der Waals surface area (Å²) in [7, 11) is 0. The Morgan fingerprint density at radius 1 is 0.950 bits per heavy atom. The van der Waals surface area contributed by atoms with E-state index in [-0.39, 0.29) is 11.2 Å². The van der Waals surface area contributed by atoms with Gasteiger partial charge in [0.15, 0.2) is 0 Å². The lowest BCUT2D eigenvalue weighted by molar-refractivity contribution is 0.541. The van der Waals surface area contributed by atoms with Crippen molar-refractivity contribution >= 4 is 47.8 Å². The summed E-state index contributed by atoms with van der Waals surface area (Å²) in [6, 6.07) is 15.1. The highest BCUT2D eigenvalue weighted by Crippen LogP contribution is 2.33. The van der Waals surface area contributed by atoms with Gasteiger partial charge in [0.2, 0.25) is 0 Å². The molecule has 0 atom stereocenters. The van der Waals surface area contributed by atoms with Gasteiger partial charge in [-0.05, 0) is 41.8 Å². The van der Waals surface area contributed by atoms with Crippen LogP contribution in [0.5, 0.6) is 0 Å². The van der Waals surface area contributed by atoms with Crippen molar-refractivity contribution in [3.8, 4) is 0 Å². The first-order valence-electron chi connectivity index (χ1n) is 6.22. The zero-order chi connectivity index (χ0) is 14.6. The van der Waals surface area contributed by atoms with Crippen molar-refractivity contribution in [2.45, 2.75) is 11.8 Å². The number of hydrogen-bond acceptors (Lipinski definition) is 0. The van der Waals surface area contributed by atoms with E-state index in [1.807, 2.05) is 18.2 Å². The molecule has 0 unspecified atom stereocenters. The summed E-state index contributed by atoms with van der Waals surface area (Å²) in [4.78, 5) is 0. The molecule has 0 heterocycles. The molecule has 4 heteroatoms. The van der Waals surface area contributed by atoms with Crippen LogP contribution in [0.2, 0.25) is 0 Å². The molecule has 0 N–H and O–H groups in total. The van der Waals surface area contributed by atoms with Gasteiger partial charge in [-0.15, -0.1) is 0 Å². The van der Waals surface area contributed by atoms with Crippen LogP contribution >= 0.6 is 47.8 Å². The van der Waals surface area contributed by atoms with Crippen LogP contribution in [0, 0.1) is 5.82 Å². The van der Waals surface area contributed by atoms with Crippen molar-refractivity contribution in [1.29, 1.82) is 0 Å². The minimum Gasteiger partial charge on any atom is -0.207 e. The van der Waals surface area contributed by atoms with Crippen LogP contribution in [-0.4, -0.2) is 10.7 Å². The van der Waals surface area contributed by atoms with Crippen LogP contribution in [-0.2, 0) is 11.8 Å². The lowest BCUT2D eigenvalue weighted by atomic mass is 9.79. The quantitative estimate of drug-likeness (QED) is 0.486. The fourth-order valence-corrected chi connectivity index (χ4v) is 4.66. The average molecular weight is 465 g/mol. The van der Waals surface area contributed by atoms with Gasteiger partial charge in [0.05, 0.1) is 0 Å². The van der Waals surface area contributed by atoms with Gasteiger partial charge in [-0.1, -0.05) is 72.1 Å². The van der Waals surface area contributed by atoms with Gasteiger partial charge in [0.25, 0.3) is 0 Å². The Bertz CT molecular complexity index is 579. The fraction of sp³-hybridized carbons (Fsp3) is 0.250. The Morgan fingerprint density at radius 3 is 2.25 bits per heavy atom. The van der Waals surface area contributed by atoms with E-state index < -0.39 is 0 Å². The Kier molecular flexibility index (Phi) is 5.82. The Balaban J connectivity index is 2.39. The molecule has 0 bridgehead atoms. The van der Waals surface area contributed by atoms with Gasteiger partial charge in [-0.25, -0.2) is 4.39 Å². The predicted molar refractivity (Wildman–Crippen MR) is 93.5 cm³/mol. The first-order valence-corrected chi connectivity index (χ1v) is 9.26. The number of hydrogen-bond donors (Lipinski definition) is 0. The average Bonchev–Trinajstić information content (AvgIpc) is 2.45. The summed E-state index contributed by atoms with van der Waals surface area (Å²) in [5, 5.41) is 1.53. The second-order valence-electron chi connectivity index (χ2n) is 4.86. The SMILES string of the molecule is Fc1cccc(C(CBr)(CBr)Cc2cccc(Br)c2)c1. The molecular weight excluding hydrogens is 451 g/mol. The van der Waals surface area contributed by atoms with Crippen LogP contribution in [0.4, 0.5) is 4.39 Å². The van der Waals surface area contributed by atoms with Crippen molar-refractivity contribution in [2.75, 3.05) is 10.7 Å². The Labute approximate surface area is 144 Å². The minimum atomic E-state index is -0.192. The molecule has 0 nitrogen and oxygen atoms in total. The third-order valence-corrected chi connectivity index (χ3v) is 6.02. The highest BCUT2D eigenvalue weighted by atomic mass is 79.9. The zero-order valence-corrected chi connectivity index (χ0v) is 15.5.